The predicted molar refractivity (Wildman–Crippen MR) is 99.4 cm³/mol. The zero-order valence-corrected chi connectivity index (χ0v) is 14.9. The number of rotatable bonds is 10. The summed E-state index contributed by atoms with van der Waals surface area (Å²) < 4.78 is 0. The fraction of sp³-hybridized carbons (Fsp3) is 0.650. The van der Waals surface area contributed by atoms with Crippen molar-refractivity contribution in [2.75, 3.05) is 25.0 Å². The van der Waals surface area contributed by atoms with Crippen molar-refractivity contribution in [3.05, 3.63) is 30.3 Å². The van der Waals surface area contributed by atoms with Crippen molar-refractivity contribution in [3.63, 3.8) is 0 Å². The molecule has 4 heteroatoms. The van der Waals surface area contributed by atoms with Gasteiger partial charge in [0.25, 0.3) is 0 Å². The number of carboxylic acid groups (broad SMARTS) is 1. The second-order valence-corrected chi connectivity index (χ2v) is 6.95. The molecule has 4 nitrogen and oxygen atoms in total. The van der Waals surface area contributed by atoms with Gasteiger partial charge >= 0.3 is 5.97 Å². The van der Waals surface area contributed by atoms with Crippen LogP contribution in [0.2, 0.25) is 0 Å². The van der Waals surface area contributed by atoms with Crippen LogP contribution in [0.4, 0.5) is 5.69 Å². The van der Waals surface area contributed by atoms with Gasteiger partial charge < -0.3 is 15.3 Å². The average Bonchev–Trinajstić information content (AvgIpc) is 2.60. The summed E-state index contributed by atoms with van der Waals surface area (Å²) in [6.45, 7) is 5.37. The Kier molecular flexibility index (Phi) is 8.10. The van der Waals surface area contributed by atoms with Crippen LogP contribution < -0.4 is 5.32 Å². The minimum Gasteiger partial charge on any atom is -0.481 e. The van der Waals surface area contributed by atoms with Gasteiger partial charge in [-0.2, -0.15) is 0 Å². The van der Waals surface area contributed by atoms with E-state index in [4.69, 9.17) is 0 Å². The third-order valence-electron chi connectivity index (χ3n) is 5.01. The number of nitrogens with zero attached hydrogens (tertiary/aromatic N) is 1. The van der Waals surface area contributed by atoms with E-state index in [0.717, 1.165) is 64.6 Å². The fourth-order valence-electron chi connectivity index (χ4n) is 3.47. The molecule has 1 heterocycles. The number of anilines is 1. The fourth-order valence-corrected chi connectivity index (χ4v) is 3.47. The number of carbonyl (C=O) groups is 1. The normalized spacial score (nSPS) is 17.5. The van der Waals surface area contributed by atoms with Crippen molar-refractivity contribution in [2.45, 2.75) is 57.9 Å². The maximum atomic E-state index is 11.3. The van der Waals surface area contributed by atoms with Gasteiger partial charge in [0.1, 0.15) is 0 Å². The number of aliphatic carboxylic acids is 1. The van der Waals surface area contributed by atoms with Gasteiger partial charge in [-0.3, -0.25) is 4.79 Å². The van der Waals surface area contributed by atoms with Crippen LogP contribution in [0.5, 0.6) is 0 Å². The molecule has 0 radical (unpaired) electrons. The predicted octanol–water partition coefficient (Wildman–Crippen LogP) is 4.23. The van der Waals surface area contributed by atoms with Crippen molar-refractivity contribution >= 4 is 11.7 Å². The number of piperidine rings is 1. The first-order valence-electron chi connectivity index (χ1n) is 9.45. The number of nitrogens with one attached hydrogen (secondary N) is 1. The Bertz CT molecular complexity index is 470. The van der Waals surface area contributed by atoms with E-state index in [-0.39, 0.29) is 5.92 Å². The van der Waals surface area contributed by atoms with Crippen molar-refractivity contribution in [1.82, 2.24) is 4.90 Å². The standard InChI is InChI=1S/C20H32N2O2/c1-2-3-8-17(20(23)24)9-7-14-22-15-12-19(13-16-22)21-18-10-5-4-6-11-18/h4-6,10-11,17,19,21H,2-3,7-9,12-16H2,1H3,(H,23,24). The summed E-state index contributed by atoms with van der Waals surface area (Å²) in [7, 11) is 0. The molecule has 0 aromatic heterocycles. The highest BCUT2D eigenvalue weighted by molar-refractivity contribution is 5.69. The van der Waals surface area contributed by atoms with Crippen LogP contribution >= 0.6 is 0 Å². The van der Waals surface area contributed by atoms with Crippen LogP contribution in [-0.4, -0.2) is 41.7 Å². The Morgan fingerprint density at radius 1 is 1.21 bits per heavy atom. The van der Waals surface area contributed by atoms with Crippen molar-refractivity contribution in [3.8, 4) is 0 Å². The number of likely N-dealkylation sites (tertiary alicyclic amines) is 1. The van der Waals surface area contributed by atoms with Crippen LogP contribution in [0.25, 0.3) is 0 Å². The molecule has 1 unspecified atom stereocenters. The maximum absolute atomic E-state index is 11.3. The van der Waals surface area contributed by atoms with Gasteiger partial charge in [0.15, 0.2) is 0 Å². The molecule has 0 amide bonds. The Morgan fingerprint density at radius 3 is 2.50 bits per heavy atom. The maximum Gasteiger partial charge on any atom is 0.306 e. The van der Waals surface area contributed by atoms with Crippen LogP contribution in [0.15, 0.2) is 30.3 Å². The van der Waals surface area contributed by atoms with Crippen LogP contribution in [0.1, 0.15) is 51.9 Å². The first-order chi connectivity index (χ1) is 11.7. The number of hydrogen-bond acceptors (Lipinski definition) is 3. The molecule has 2 N–H and O–H groups in total. The SMILES string of the molecule is CCCCC(CCCN1CCC(Nc2ccccc2)CC1)C(=O)O. The minimum absolute atomic E-state index is 0.151. The van der Waals surface area contributed by atoms with E-state index < -0.39 is 5.97 Å². The summed E-state index contributed by atoms with van der Waals surface area (Å²) in [5.74, 6) is -0.767. The first kappa shape index (κ1) is 18.8. The third-order valence-corrected chi connectivity index (χ3v) is 5.01. The molecular formula is C20H32N2O2. The minimum atomic E-state index is -0.616. The number of benzene rings is 1. The smallest absolute Gasteiger partial charge is 0.306 e. The van der Waals surface area contributed by atoms with E-state index in [0.29, 0.717) is 6.04 Å². The van der Waals surface area contributed by atoms with Gasteiger partial charge in [0.05, 0.1) is 5.92 Å². The van der Waals surface area contributed by atoms with E-state index in [1.165, 1.54) is 5.69 Å². The number of hydrogen-bond donors (Lipinski definition) is 2. The summed E-state index contributed by atoms with van der Waals surface area (Å²) in [5, 5.41) is 12.9. The summed E-state index contributed by atoms with van der Waals surface area (Å²) in [5.41, 5.74) is 1.20. The molecule has 1 aliphatic heterocycles. The van der Waals surface area contributed by atoms with Gasteiger partial charge in [-0.15, -0.1) is 0 Å². The molecule has 2 rings (SSSR count). The summed E-state index contributed by atoms with van der Waals surface area (Å²) in [4.78, 5) is 13.8. The quantitative estimate of drug-likeness (QED) is 0.673. The first-order valence-corrected chi connectivity index (χ1v) is 9.45. The van der Waals surface area contributed by atoms with Crippen molar-refractivity contribution < 1.29 is 9.90 Å². The molecule has 1 aromatic rings. The molecule has 134 valence electrons. The molecule has 1 aromatic carbocycles. The number of carboxylic acids is 1. The van der Waals surface area contributed by atoms with Crippen LogP contribution in [0, 0.1) is 5.92 Å². The third kappa shape index (κ3) is 6.52. The second-order valence-electron chi connectivity index (χ2n) is 6.95. The second kappa shape index (κ2) is 10.3. The highest BCUT2D eigenvalue weighted by Crippen LogP contribution is 2.19. The van der Waals surface area contributed by atoms with Gasteiger partial charge in [-0.25, -0.2) is 0 Å². The zero-order chi connectivity index (χ0) is 17.2. The van der Waals surface area contributed by atoms with Crippen LogP contribution in [0.3, 0.4) is 0 Å². The van der Waals surface area contributed by atoms with E-state index in [9.17, 15) is 9.90 Å². The molecule has 1 fully saturated rings. The summed E-state index contributed by atoms with van der Waals surface area (Å²) in [6, 6.07) is 11.0. The molecule has 0 saturated carbocycles. The van der Waals surface area contributed by atoms with E-state index in [1.54, 1.807) is 0 Å². The van der Waals surface area contributed by atoms with Crippen molar-refractivity contribution in [1.29, 1.82) is 0 Å². The van der Waals surface area contributed by atoms with E-state index in [1.807, 2.05) is 6.07 Å². The Balaban J connectivity index is 1.63. The number of para-hydroxylation sites is 1. The highest BCUT2D eigenvalue weighted by atomic mass is 16.4. The summed E-state index contributed by atoms with van der Waals surface area (Å²) in [6.07, 6.45) is 7.06. The summed E-state index contributed by atoms with van der Waals surface area (Å²) >= 11 is 0. The van der Waals surface area contributed by atoms with Crippen molar-refractivity contribution in [2.24, 2.45) is 5.92 Å². The lowest BCUT2D eigenvalue weighted by Crippen LogP contribution is -2.39. The van der Waals surface area contributed by atoms with E-state index >= 15 is 0 Å². The molecule has 0 bridgehead atoms. The Hall–Kier alpha value is -1.55. The van der Waals surface area contributed by atoms with Crippen LogP contribution in [-0.2, 0) is 4.79 Å². The molecular weight excluding hydrogens is 300 g/mol. The zero-order valence-electron chi connectivity index (χ0n) is 14.9. The largest absolute Gasteiger partial charge is 0.481 e. The lowest BCUT2D eigenvalue weighted by atomic mass is 9.96. The number of unbranched alkanes of at least 4 members (excludes halogenated alkanes) is 1. The van der Waals surface area contributed by atoms with Gasteiger partial charge in [0.2, 0.25) is 0 Å². The van der Waals surface area contributed by atoms with Gasteiger partial charge in [0, 0.05) is 24.8 Å². The lowest BCUT2D eigenvalue weighted by molar-refractivity contribution is -0.142. The topological polar surface area (TPSA) is 52.6 Å². The molecule has 1 aliphatic rings. The van der Waals surface area contributed by atoms with E-state index in [2.05, 4.69) is 41.4 Å². The van der Waals surface area contributed by atoms with Gasteiger partial charge in [-0.05, 0) is 50.8 Å². The molecule has 1 atom stereocenters. The van der Waals surface area contributed by atoms with Gasteiger partial charge in [-0.1, -0.05) is 38.0 Å². The monoisotopic (exact) mass is 332 g/mol. The highest BCUT2D eigenvalue weighted by Gasteiger charge is 2.20. The Labute approximate surface area is 146 Å². The lowest BCUT2D eigenvalue weighted by Gasteiger charge is -2.33. The Morgan fingerprint density at radius 2 is 1.88 bits per heavy atom. The molecule has 0 aliphatic carbocycles. The molecule has 0 spiro atoms. The molecule has 24 heavy (non-hydrogen) atoms. The average molecular weight is 332 g/mol. The molecule has 1 saturated heterocycles.